The van der Waals surface area contributed by atoms with Crippen LogP contribution in [-0.2, 0) is 14.3 Å². The molecule has 4 nitrogen and oxygen atoms in total. The average molecular weight is 376 g/mol. The van der Waals surface area contributed by atoms with Crippen LogP contribution < -0.4 is 0 Å². The molecule has 0 amide bonds. The summed E-state index contributed by atoms with van der Waals surface area (Å²) < 4.78 is 20.2. The zero-order chi connectivity index (χ0) is 19.9. The molecule has 1 aliphatic heterocycles. The summed E-state index contributed by atoms with van der Waals surface area (Å²) >= 11 is 0. The van der Waals surface area contributed by atoms with E-state index in [1.54, 1.807) is 0 Å². The van der Waals surface area contributed by atoms with Gasteiger partial charge in [-0.05, 0) is 68.1 Å². The summed E-state index contributed by atoms with van der Waals surface area (Å²) in [6.45, 7) is 7.90. The van der Waals surface area contributed by atoms with Gasteiger partial charge in [0.15, 0.2) is 5.79 Å². The molecule has 1 saturated heterocycles. The van der Waals surface area contributed by atoms with Crippen molar-refractivity contribution in [1.82, 2.24) is 0 Å². The molecule has 3 unspecified atom stereocenters. The second-order valence-corrected chi connectivity index (χ2v) is 10.4. The second kappa shape index (κ2) is 5.90. The first-order chi connectivity index (χ1) is 13.1. The molecular formula is C23H34O4. The van der Waals surface area contributed by atoms with Gasteiger partial charge in [0.05, 0.1) is 20.7 Å². The Balaban J connectivity index is 1.50. The van der Waals surface area contributed by atoms with Crippen LogP contribution in [0.5, 0.6) is 0 Å². The van der Waals surface area contributed by atoms with Crippen LogP contribution in [0.3, 0.4) is 0 Å². The number of Topliss-reactive ketones (excluding diaryl/α,β-unsaturated/α-hetero) is 1. The predicted octanol–water partition coefficient (Wildman–Crippen LogP) is 3.87. The van der Waals surface area contributed by atoms with Gasteiger partial charge in [0, 0.05) is 18.3 Å². The van der Waals surface area contributed by atoms with E-state index in [1.807, 2.05) is 0 Å². The maximum absolute atomic E-state index is 13.6. The summed E-state index contributed by atoms with van der Waals surface area (Å²) in [5.41, 5.74) is 0.902. The first kappa shape index (κ1) is 17.2. The molecule has 0 bridgehead atoms. The summed E-state index contributed by atoms with van der Waals surface area (Å²) in [5.74, 6) is 1.02. The van der Waals surface area contributed by atoms with E-state index in [9.17, 15) is 9.90 Å². The van der Waals surface area contributed by atoms with E-state index in [-0.39, 0.29) is 22.7 Å². The number of ether oxygens (including phenoxy) is 2. The van der Waals surface area contributed by atoms with Crippen LogP contribution in [0.15, 0.2) is 11.6 Å². The van der Waals surface area contributed by atoms with Crippen molar-refractivity contribution < 1.29 is 20.7 Å². The third-order valence-electron chi connectivity index (χ3n) is 9.13. The van der Waals surface area contributed by atoms with Gasteiger partial charge in [-0.3, -0.25) is 4.79 Å². The lowest BCUT2D eigenvalue weighted by molar-refractivity contribution is -0.213. The minimum Gasteiger partial charge on any atom is -0.393 e. The minimum atomic E-state index is -1.37. The number of aliphatic hydroxyl groups is 1. The van der Waals surface area contributed by atoms with Gasteiger partial charge >= 0.3 is 0 Å². The van der Waals surface area contributed by atoms with Gasteiger partial charge in [-0.1, -0.05) is 25.5 Å². The zero-order valence-corrected chi connectivity index (χ0v) is 16.9. The lowest BCUT2D eigenvalue weighted by atomic mass is 9.46. The molecule has 0 spiro atoms. The van der Waals surface area contributed by atoms with E-state index in [4.69, 9.17) is 10.8 Å². The Kier molecular flexibility index (Phi) is 3.75. The Hall–Kier alpha value is -0.710. The van der Waals surface area contributed by atoms with Crippen LogP contribution in [0.25, 0.3) is 0 Å². The van der Waals surface area contributed by atoms with Crippen molar-refractivity contribution in [2.24, 2.45) is 34.5 Å². The Morgan fingerprint density at radius 1 is 1.19 bits per heavy atom. The van der Waals surface area contributed by atoms with Crippen LogP contribution in [0.1, 0.15) is 67.1 Å². The second-order valence-electron chi connectivity index (χ2n) is 10.4. The van der Waals surface area contributed by atoms with Gasteiger partial charge in [0.25, 0.3) is 0 Å². The normalized spacial score (nSPS) is 54.6. The summed E-state index contributed by atoms with van der Waals surface area (Å²) in [6.07, 6.45) is 6.22. The highest BCUT2D eigenvalue weighted by Crippen LogP contribution is 2.67. The molecule has 0 aromatic rings. The summed E-state index contributed by atoms with van der Waals surface area (Å²) in [6, 6.07) is 0. The van der Waals surface area contributed by atoms with Crippen LogP contribution in [0.4, 0.5) is 0 Å². The van der Waals surface area contributed by atoms with Crippen molar-refractivity contribution in [2.75, 3.05) is 13.2 Å². The minimum absolute atomic E-state index is 0.0404. The van der Waals surface area contributed by atoms with Crippen LogP contribution in [-0.4, -0.2) is 36.0 Å². The summed E-state index contributed by atoms with van der Waals surface area (Å²) in [7, 11) is 0. The van der Waals surface area contributed by atoms with E-state index >= 15 is 0 Å². The molecule has 0 aromatic heterocycles. The number of fused-ring (bicyclic) bond motifs is 5. The smallest absolute Gasteiger partial charge is 0.169 e. The van der Waals surface area contributed by atoms with Gasteiger partial charge in [0.2, 0.25) is 0 Å². The van der Waals surface area contributed by atoms with E-state index in [2.05, 4.69) is 26.8 Å². The van der Waals surface area contributed by atoms with Crippen molar-refractivity contribution in [1.29, 1.82) is 0 Å². The quantitative estimate of drug-likeness (QED) is 0.707. The van der Waals surface area contributed by atoms with Crippen LogP contribution in [0, 0.1) is 34.5 Å². The average Bonchev–Trinajstić information content (AvgIpc) is 3.19. The van der Waals surface area contributed by atoms with Crippen molar-refractivity contribution in [3.63, 3.8) is 0 Å². The van der Waals surface area contributed by atoms with Gasteiger partial charge in [0.1, 0.15) is 5.78 Å². The highest BCUT2D eigenvalue weighted by Gasteiger charge is 2.65. The fourth-order valence-corrected chi connectivity index (χ4v) is 7.91. The van der Waals surface area contributed by atoms with Crippen molar-refractivity contribution >= 4 is 5.78 Å². The zero-order valence-electron chi connectivity index (χ0n) is 17.9. The number of rotatable bonds is 1. The van der Waals surface area contributed by atoms with E-state index in [0.717, 1.165) is 31.3 Å². The number of ketones is 1. The van der Waals surface area contributed by atoms with E-state index < -0.39 is 11.9 Å². The molecule has 150 valence electrons. The Labute approximate surface area is 164 Å². The molecule has 0 aromatic carbocycles. The summed E-state index contributed by atoms with van der Waals surface area (Å²) in [5, 5.41) is 10.3. The molecule has 4 aliphatic carbocycles. The molecule has 3 saturated carbocycles. The Morgan fingerprint density at radius 2 is 1.93 bits per heavy atom. The monoisotopic (exact) mass is 375 g/mol. The lowest BCUT2D eigenvalue weighted by Crippen LogP contribution is -2.56. The molecule has 4 fully saturated rings. The number of hydrogen-bond donors (Lipinski definition) is 1. The molecule has 1 heterocycles. The van der Waals surface area contributed by atoms with Gasteiger partial charge in [-0.2, -0.15) is 0 Å². The Bertz CT molecular complexity index is 724. The third-order valence-corrected chi connectivity index (χ3v) is 9.13. The van der Waals surface area contributed by atoms with E-state index in [1.165, 1.54) is 0 Å². The molecular weight excluding hydrogens is 340 g/mol. The highest BCUT2D eigenvalue weighted by molar-refractivity contribution is 5.85. The predicted molar refractivity (Wildman–Crippen MR) is 102 cm³/mol. The van der Waals surface area contributed by atoms with Gasteiger partial charge in [-0.15, -0.1) is 0 Å². The van der Waals surface area contributed by atoms with Crippen LogP contribution in [0.2, 0.25) is 0 Å². The fraction of sp³-hybridized carbons (Fsp3) is 0.870. The number of allylic oxidation sites excluding steroid dienone is 1. The SMILES string of the molecule is [2H][C@]1(O)CC[C@@]2(C)C(=CCC3C2C(=O)C[C@@]2(C)C3CC[C@@H]2C2(C)OCCO2)C1. The number of hydrogen-bond acceptors (Lipinski definition) is 4. The van der Waals surface area contributed by atoms with Crippen molar-refractivity contribution in [3.05, 3.63) is 11.6 Å². The topological polar surface area (TPSA) is 55.8 Å². The first-order valence-corrected chi connectivity index (χ1v) is 10.8. The standard InChI is InChI=1S/C23H34O4/c1-21-9-8-15(24)12-14(21)4-5-16-17-6-7-19(23(3)26-10-11-27-23)22(17,2)13-18(25)20(16)21/h4,15-17,19-20,24H,5-13H2,1-3H3/t15-,16?,17?,19-,20?,21-,22-/m0/s1/i15D. The maximum Gasteiger partial charge on any atom is 0.169 e. The maximum atomic E-state index is 13.6. The fourth-order valence-electron chi connectivity index (χ4n) is 7.91. The molecule has 4 heteroatoms. The van der Waals surface area contributed by atoms with Crippen LogP contribution >= 0.6 is 0 Å². The van der Waals surface area contributed by atoms with Crippen molar-refractivity contribution in [3.8, 4) is 0 Å². The van der Waals surface area contributed by atoms with Crippen molar-refractivity contribution in [2.45, 2.75) is 77.6 Å². The molecule has 5 rings (SSSR count). The van der Waals surface area contributed by atoms with Gasteiger partial charge < -0.3 is 14.6 Å². The molecule has 5 aliphatic rings. The number of carbonyl (C=O) groups is 1. The Morgan fingerprint density at radius 3 is 2.67 bits per heavy atom. The molecule has 27 heavy (non-hydrogen) atoms. The lowest BCUT2D eigenvalue weighted by Gasteiger charge is -2.57. The molecule has 0 radical (unpaired) electrons. The molecule has 1 N–H and O–H groups in total. The molecule has 7 atom stereocenters. The third kappa shape index (κ3) is 2.42. The first-order valence-electron chi connectivity index (χ1n) is 11.3. The largest absolute Gasteiger partial charge is 0.393 e. The van der Waals surface area contributed by atoms with Gasteiger partial charge in [-0.25, -0.2) is 0 Å². The highest BCUT2D eigenvalue weighted by atomic mass is 16.7. The number of carbonyl (C=O) groups excluding carboxylic acids is 1. The summed E-state index contributed by atoms with van der Waals surface area (Å²) in [4.78, 5) is 13.6. The van der Waals surface area contributed by atoms with E-state index in [0.29, 0.717) is 50.1 Å².